The van der Waals surface area contributed by atoms with Crippen LogP contribution in [0.1, 0.15) is 37.9 Å². The Labute approximate surface area is 126 Å². The molecule has 5 heteroatoms. The van der Waals surface area contributed by atoms with Crippen molar-refractivity contribution in [1.82, 2.24) is 15.2 Å². The highest BCUT2D eigenvalue weighted by Gasteiger charge is 2.33. The Bertz CT molecular complexity index is 451. The third kappa shape index (κ3) is 3.80. The van der Waals surface area contributed by atoms with E-state index in [1.54, 1.807) is 7.05 Å². The molecule has 2 rings (SSSR count). The zero-order chi connectivity index (χ0) is 15.2. The van der Waals surface area contributed by atoms with E-state index in [9.17, 15) is 4.79 Å². The predicted octanol–water partition coefficient (Wildman–Crippen LogP) is 1.32. The Balaban J connectivity index is 2.19. The topological polar surface area (TPSA) is 71.2 Å². The van der Waals surface area contributed by atoms with Crippen molar-refractivity contribution in [2.24, 2.45) is 11.7 Å². The molecule has 0 spiro atoms. The van der Waals surface area contributed by atoms with Crippen LogP contribution in [-0.4, -0.2) is 42.0 Å². The number of amides is 1. The highest BCUT2D eigenvalue weighted by molar-refractivity contribution is 5.78. The average Bonchev–Trinajstić information content (AvgIpc) is 2.55. The first-order valence-corrected chi connectivity index (χ1v) is 7.79. The second kappa shape index (κ2) is 7.52. The largest absolute Gasteiger partial charge is 0.359 e. The minimum absolute atomic E-state index is 0.0309. The second-order valence-electron chi connectivity index (χ2n) is 5.72. The standard InChI is InChI=1S/C16H26N4O/c1-3-13(17)15(14-8-4-5-9-19-14)20-10-6-7-12(11-20)16(21)18-2/h4-5,8-9,12-13,15H,3,6-7,10-11,17H2,1-2H3,(H,18,21). The van der Waals surface area contributed by atoms with Gasteiger partial charge in [-0.05, 0) is 37.9 Å². The minimum Gasteiger partial charge on any atom is -0.359 e. The third-order valence-electron chi connectivity index (χ3n) is 4.33. The molecule has 1 aliphatic rings. The van der Waals surface area contributed by atoms with Gasteiger partial charge in [-0.3, -0.25) is 14.7 Å². The van der Waals surface area contributed by atoms with Crippen LogP contribution in [0.25, 0.3) is 0 Å². The number of carbonyl (C=O) groups is 1. The summed E-state index contributed by atoms with van der Waals surface area (Å²) in [6, 6.07) is 6.07. The van der Waals surface area contributed by atoms with Gasteiger partial charge in [0, 0.05) is 25.8 Å². The third-order valence-corrected chi connectivity index (χ3v) is 4.33. The normalized spacial score (nSPS) is 22.5. The van der Waals surface area contributed by atoms with Gasteiger partial charge in [-0.2, -0.15) is 0 Å². The first-order chi connectivity index (χ1) is 10.2. The molecule has 1 aromatic heterocycles. The lowest BCUT2D eigenvalue weighted by Gasteiger charge is -2.39. The number of likely N-dealkylation sites (tertiary alicyclic amines) is 1. The summed E-state index contributed by atoms with van der Waals surface area (Å²) in [5.74, 6) is 0.184. The maximum atomic E-state index is 11.9. The quantitative estimate of drug-likeness (QED) is 0.858. The van der Waals surface area contributed by atoms with Crippen molar-refractivity contribution in [3.63, 3.8) is 0 Å². The number of nitrogens with zero attached hydrogens (tertiary/aromatic N) is 2. The molecule has 1 aliphatic heterocycles. The van der Waals surface area contributed by atoms with Crippen LogP contribution in [0, 0.1) is 5.92 Å². The van der Waals surface area contributed by atoms with E-state index in [-0.39, 0.29) is 23.9 Å². The Kier molecular flexibility index (Phi) is 5.70. The summed E-state index contributed by atoms with van der Waals surface area (Å²) in [7, 11) is 1.70. The fourth-order valence-corrected chi connectivity index (χ4v) is 3.13. The van der Waals surface area contributed by atoms with E-state index in [4.69, 9.17) is 5.73 Å². The smallest absolute Gasteiger partial charge is 0.224 e. The van der Waals surface area contributed by atoms with Gasteiger partial charge < -0.3 is 11.1 Å². The summed E-state index contributed by atoms with van der Waals surface area (Å²) in [4.78, 5) is 18.8. The first kappa shape index (κ1) is 15.9. The summed E-state index contributed by atoms with van der Waals surface area (Å²) in [5, 5.41) is 2.76. The number of nitrogens with two attached hydrogens (primary N) is 1. The molecule has 1 saturated heterocycles. The molecule has 1 aromatic rings. The van der Waals surface area contributed by atoms with Crippen LogP contribution in [0.2, 0.25) is 0 Å². The molecule has 1 fully saturated rings. The van der Waals surface area contributed by atoms with Crippen LogP contribution in [-0.2, 0) is 4.79 Å². The molecule has 21 heavy (non-hydrogen) atoms. The zero-order valence-corrected chi connectivity index (χ0v) is 13.0. The van der Waals surface area contributed by atoms with Crippen molar-refractivity contribution in [3.8, 4) is 0 Å². The Hall–Kier alpha value is -1.46. The van der Waals surface area contributed by atoms with Gasteiger partial charge in [-0.25, -0.2) is 0 Å². The SMILES string of the molecule is CCC(N)C(c1ccccn1)N1CCCC(C(=O)NC)C1. The Morgan fingerprint density at radius 2 is 2.38 bits per heavy atom. The number of pyridine rings is 1. The first-order valence-electron chi connectivity index (χ1n) is 7.79. The highest BCUT2D eigenvalue weighted by Crippen LogP contribution is 2.28. The van der Waals surface area contributed by atoms with Crippen molar-refractivity contribution in [2.75, 3.05) is 20.1 Å². The lowest BCUT2D eigenvalue weighted by atomic mass is 9.92. The molecule has 0 radical (unpaired) electrons. The van der Waals surface area contributed by atoms with Crippen LogP contribution in [0.3, 0.4) is 0 Å². The molecule has 0 bridgehead atoms. The van der Waals surface area contributed by atoms with E-state index in [0.717, 1.165) is 38.0 Å². The molecular formula is C16H26N4O. The molecule has 5 nitrogen and oxygen atoms in total. The lowest BCUT2D eigenvalue weighted by Crippen LogP contribution is -2.48. The number of aromatic nitrogens is 1. The zero-order valence-electron chi connectivity index (χ0n) is 13.0. The van der Waals surface area contributed by atoms with Crippen LogP contribution in [0.4, 0.5) is 0 Å². The van der Waals surface area contributed by atoms with E-state index in [1.165, 1.54) is 0 Å². The number of nitrogens with one attached hydrogen (secondary N) is 1. The monoisotopic (exact) mass is 290 g/mol. The summed E-state index contributed by atoms with van der Waals surface area (Å²) in [6.07, 6.45) is 4.68. The summed E-state index contributed by atoms with van der Waals surface area (Å²) in [5.41, 5.74) is 7.36. The Morgan fingerprint density at radius 1 is 1.57 bits per heavy atom. The van der Waals surface area contributed by atoms with Gasteiger partial charge in [0.2, 0.25) is 5.91 Å². The van der Waals surface area contributed by atoms with E-state index in [1.807, 2.05) is 24.4 Å². The molecule has 3 N–H and O–H groups in total. The molecular weight excluding hydrogens is 264 g/mol. The van der Waals surface area contributed by atoms with Crippen molar-refractivity contribution in [2.45, 2.75) is 38.3 Å². The van der Waals surface area contributed by atoms with Gasteiger partial charge in [0.15, 0.2) is 0 Å². The number of rotatable bonds is 5. The van der Waals surface area contributed by atoms with Gasteiger partial charge in [0.25, 0.3) is 0 Å². The molecule has 116 valence electrons. The molecule has 0 aliphatic carbocycles. The molecule has 0 aromatic carbocycles. The molecule has 2 heterocycles. The maximum absolute atomic E-state index is 11.9. The van der Waals surface area contributed by atoms with Crippen molar-refractivity contribution < 1.29 is 4.79 Å². The summed E-state index contributed by atoms with van der Waals surface area (Å²) >= 11 is 0. The van der Waals surface area contributed by atoms with Crippen LogP contribution < -0.4 is 11.1 Å². The van der Waals surface area contributed by atoms with Gasteiger partial charge in [0.05, 0.1) is 17.7 Å². The number of hydrogen-bond acceptors (Lipinski definition) is 4. The fourth-order valence-electron chi connectivity index (χ4n) is 3.13. The van der Waals surface area contributed by atoms with Crippen LogP contribution in [0.15, 0.2) is 24.4 Å². The molecule has 3 atom stereocenters. The summed E-state index contributed by atoms with van der Waals surface area (Å²) in [6.45, 7) is 3.83. The predicted molar refractivity (Wildman–Crippen MR) is 83.6 cm³/mol. The van der Waals surface area contributed by atoms with Gasteiger partial charge in [-0.15, -0.1) is 0 Å². The van der Waals surface area contributed by atoms with Crippen LogP contribution in [0.5, 0.6) is 0 Å². The minimum atomic E-state index is 0.0309. The van der Waals surface area contributed by atoms with E-state index < -0.39 is 0 Å². The van der Waals surface area contributed by atoms with E-state index >= 15 is 0 Å². The van der Waals surface area contributed by atoms with Gasteiger partial charge in [0.1, 0.15) is 0 Å². The lowest BCUT2D eigenvalue weighted by molar-refractivity contribution is -0.126. The fraction of sp³-hybridized carbons (Fsp3) is 0.625. The van der Waals surface area contributed by atoms with Crippen molar-refractivity contribution in [1.29, 1.82) is 0 Å². The van der Waals surface area contributed by atoms with E-state index in [2.05, 4.69) is 22.1 Å². The molecule has 3 unspecified atom stereocenters. The number of hydrogen-bond donors (Lipinski definition) is 2. The van der Waals surface area contributed by atoms with Crippen LogP contribution >= 0.6 is 0 Å². The second-order valence-corrected chi connectivity index (χ2v) is 5.72. The van der Waals surface area contributed by atoms with Crippen molar-refractivity contribution in [3.05, 3.63) is 30.1 Å². The van der Waals surface area contributed by atoms with Crippen molar-refractivity contribution >= 4 is 5.91 Å². The molecule has 0 saturated carbocycles. The summed E-state index contributed by atoms with van der Waals surface area (Å²) < 4.78 is 0. The number of piperidine rings is 1. The van der Waals surface area contributed by atoms with E-state index in [0.29, 0.717) is 0 Å². The van der Waals surface area contributed by atoms with Gasteiger partial charge in [-0.1, -0.05) is 13.0 Å². The Morgan fingerprint density at radius 3 is 3.00 bits per heavy atom. The number of carbonyl (C=O) groups excluding carboxylic acids is 1. The van der Waals surface area contributed by atoms with Gasteiger partial charge >= 0.3 is 0 Å². The maximum Gasteiger partial charge on any atom is 0.224 e. The highest BCUT2D eigenvalue weighted by atomic mass is 16.1. The molecule has 1 amide bonds. The average molecular weight is 290 g/mol.